The summed E-state index contributed by atoms with van der Waals surface area (Å²) in [4.78, 5) is 38.8. The van der Waals surface area contributed by atoms with Crippen LogP contribution in [0, 0.1) is 5.92 Å². The highest BCUT2D eigenvalue weighted by atomic mass is 16.2. The first kappa shape index (κ1) is 15.5. The Balaban J connectivity index is 2.01. The van der Waals surface area contributed by atoms with Crippen molar-refractivity contribution in [2.45, 2.75) is 45.6 Å². The molecule has 0 radical (unpaired) electrons. The predicted molar refractivity (Wildman–Crippen MR) is 89.7 cm³/mol. The lowest BCUT2D eigenvalue weighted by Gasteiger charge is -2.21. The number of hydrogen-bond donors (Lipinski definition) is 2. The topological polar surface area (TPSA) is 84.0 Å². The smallest absolute Gasteiger partial charge is 0.326 e. The minimum Gasteiger partial charge on any atom is -0.326 e. The molecule has 1 fully saturated rings. The molecule has 0 spiro atoms. The van der Waals surface area contributed by atoms with Gasteiger partial charge in [0.1, 0.15) is 0 Å². The van der Waals surface area contributed by atoms with Crippen LogP contribution in [-0.2, 0) is 11.3 Å². The van der Waals surface area contributed by atoms with E-state index in [0.29, 0.717) is 29.1 Å². The molecule has 3 rings (SSSR count). The number of H-pyrrole nitrogens is 1. The number of carbonyl (C=O) groups is 1. The maximum absolute atomic E-state index is 12.7. The molecule has 122 valence electrons. The number of anilines is 1. The Kier molecular flexibility index (Phi) is 4.32. The number of nitrogens with zero attached hydrogens (tertiary/aromatic N) is 1. The van der Waals surface area contributed by atoms with Gasteiger partial charge in [-0.05, 0) is 37.0 Å². The fraction of sp³-hybridized carbons (Fsp3) is 0.471. The van der Waals surface area contributed by atoms with Crippen molar-refractivity contribution in [3.05, 3.63) is 39.0 Å². The number of fused-ring (bicyclic) bond motifs is 1. The molecule has 1 aliphatic rings. The number of nitrogens with one attached hydrogen (secondary N) is 2. The van der Waals surface area contributed by atoms with Gasteiger partial charge in [0.2, 0.25) is 5.91 Å². The van der Waals surface area contributed by atoms with Crippen molar-refractivity contribution in [3.63, 3.8) is 0 Å². The van der Waals surface area contributed by atoms with E-state index in [0.717, 1.165) is 25.7 Å². The minimum atomic E-state index is -0.361. The summed E-state index contributed by atoms with van der Waals surface area (Å²) in [5.74, 6) is 0.190. The van der Waals surface area contributed by atoms with Gasteiger partial charge in [-0.1, -0.05) is 19.3 Å². The van der Waals surface area contributed by atoms with E-state index in [9.17, 15) is 14.4 Å². The van der Waals surface area contributed by atoms with Gasteiger partial charge in [0.25, 0.3) is 5.56 Å². The molecule has 0 aliphatic heterocycles. The summed E-state index contributed by atoms with van der Waals surface area (Å²) < 4.78 is 1.30. The molecule has 2 N–H and O–H groups in total. The van der Waals surface area contributed by atoms with E-state index in [4.69, 9.17) is 0 Å². The maximum Gasteiger partial charge on any atom is 0.328 e. The lowest BCUT2D eigenvalue weighted by Crippen LogP contribution is -2.37. The van der Waals surface area contributed by atoms with Gasteiger partial charge in [-0.3, -0.25) is 14.2 Å². The number of hydrogen-bond acceptors (Lipinski definition) is 3. The van der Waals surface area contributed by atoms with Crippen molar-refractivity contribution in [1.82, 2.24) is 9.55 Å². The molecule has 1 aromatic carbocycles. The van der Waals surface area contributed by atoms with Crippen LogP contribution in [-0.4, -0.2) is 15.5 Å². The molecular weight excluding hydrogens is 294 g/mol. The SMILES string of the molecule is CC(=O)Nc1ccc2[nH]c(=O)n(CC3CCCCC3)c(=O)c2c1. The Labute approximate surface area is 133 Å². The summed E-state index contributed by atoms with van der Waals surface area (Å²) in [6.07, 6.45) is 5.69. The molecule has 0 bridgehead atoms. The Morgan fingerprint density at radius 1 is 1.26 bits per heavy atom. The Bertz CT molecular complexity index is 844. The quantitative estimate of drug-likeness (QED) is 0.911. The summed E-state index contributed by atoms with van der Waals surface area (Å²) in [5.41, 5.74) is 0.397. The van der Waals surface area contributed by atoms with E-state index in [1.54, 1.807) is 18.2 Å². The summed E-state index contributed by atoms with van der Waals surface area (Å²) >= 11 is 0. The predicted octanol–water partition coefficient (Wildman–Crippen LogP) is 2.23. The van der Waals surface area contributed by atoms with Crippen molar-refractivity contribution < 1.29 is 4.79 Å². The van der Waals surface area contributed by atoms with Crippen LogP contribution < -0.4 is 16.6 Å². The Morgan fingerprint density at radius 3 is 2.70 bits per heavy atom. The van der Waals surface area contributed by atoms with Gasteiger partial charge in [-0.2, -0.15) is 0 Å². The van der Waals surface area contributed by atoms with Gasteiger partial charge in [0.05, 0.1) is 10.9 Å². The first-order valence-electron chi connectivity index (χ1n) is 8.09. The van der Waals surface area contributed by atoms with E-state index >= 15 is 0 Å². The Morgan fingerprint density at radius 2 is 2.00 bits per heavy atom. The second kappa shape index (κ2) is 6.40. The van der Waals surface area contributed by atoms with Crippen LogP contribution in [0.1, 0.15) is 39.0 Å². The number of carbonyl (C=O) groups excluding carboxylic acids is 1. The van der Waals surface area contributed by atoms with Gasteiger partial charge >= 0.3 is 5.69 Å². The summed E-state index contributed by atoms with van der Waals surface area (Å²) in [6.45, 7) is 1.88. The highest BCUT2D eigenvalue weighted by molar-refractivity contribution is 5.91. The standard InChI is InChI=1S/C17H21N3O3/c1-11(21)18-13-7-8-15-14(9-13)16(22)20(17(23)19-15)10-12-5-3-2-4-6-12/h7-9,12H,2-6,10H2,1H3,(H,18,21)(H,19,23). The molecular formula is C17H21N3O3. The number of amides is 1. The van der Waals surface area contributed by atoms with Gasteiger partial charge in [-0.15, -0.1) is 0 Å². The average Bonchev–Trinajstić information content (AvgIpc) is 2.53. The molecule has 1 amide bonds. The fourth-order valence-corrected chi connectivity index (χ4v) is 3.33. The average molecular weight is 315 g/mol. The van der Waals surface area contributed by atoms with Crippen molar-refractivity contribution in [1.29, 1.82) is 0 Å². The van der Waals surface area contributed by atoms with Crippen LogP contribution in [0.2, 0.25) is 0 Å². The molecule has 6 heteroatoms. The number of benzene rings is 1. The zero-order valence-corrected chi connectivity index (χ0v) is 13.2. The molecule has 1 aromatic heterocycles. The highest BCUT2D eigenvalue weighted by Crippen LogP contribution is 2.24. The van der Waals surface area contributed by atoms with Crippen LogP contribution >= 0.6 is 0 Å². The monoisotopic (exact) mass is 315 g/mol. The summed E-state index contributed by atoms with van der Waals surface area (Å²) in [5, 5.41) is 3.08. The van der Waals surface area contributed by atoms with E-state index in [-0.39, 0.29) is 17.2 Å². The number of aromatic nitrogens is 2. The number of rotatable bonds is 3. The van der Waals surface area contributed by atoms with Crippen LogP contribution in [0.5, 0.6) is 0 Å². The van der Waals surface area contributed by atoms with E-state index in [1.165, 1.54) is 17.9 Å². The summed E-state index contributed by atoms with van der Waals surface area (Å²) in [6, 6.07) is 4.94. The molecule has 2 aromatic rings. The van der Waals surface area contributed by atoms with E-state index in [2.05, 4.69) is 10.3 Å². The molecule has 6 nitrogen and oxygen atoms in total. The second-order valence-electron chi connectivity index (χ2n) is 6.29. The van der Waals surface area contributed by atoms with Crippen LogP contribution in [0.4, 0.5) is 5.69 Å². The lowest BCUT2D eigenvalue weighted by molar-refractivity contribution is -0.114. The minimum absolute atomic E-state index is 0.198. The van der Waals surface area contributed by atoms with Gasteiger partial charge in [-0.25, -0.2) is 4.79 Å². The third-order valence-electron chi connectivity index (χ3n) is 4.47. The molecule has 1 heterocycles. The number of aromatic amines is 1. The highest BCUT2D eigenvalue weighted by Gasteiger charge is 2.17. The zero-order chi connectivity index (χ0) is 16.4. The van der Waals surface area contributed by atoms with E-state index < -0.39 is 0 Å². The zero-order valence-electron chi connectivity index (χ0n) is 13.2. The van der Waals surface area contributed by atoms with Crippen LogP contribution in [0.3, 0.4) is 0 Å². The first-order chi connectivity index (χ1) is 11.0. The van der Waals surface area contributed by atoms with Crippen molar-refractivity contribution in [2.24, 2.45) is 5.92 Å². The first-order valence-corrected chi connectivity index (χ1v) is 8.09. The molecule has 0 saturated heterocycles. The van der Waals surface area contributed by atoms with Crippen molar-refractivity contribution in [3.8, 4) is 0 Å². The molecule has 1 saturated carbocycles. The summed E-state index contributed by atoms with van der Waals surface area (Å²) in [7, 11) is 0. The molecule has 0 unspecified atom stereocenters. The normalized spacial score (nSPS) is 15.7. The molecule has 23 heavy (non-hydrogen) atoms. The Hall–Kier alpha value is -2.37. The molecule has 1 aliphatic carbocycles. The van der Waals surface area contributed by atoms with Crippen LogP contribution in [0.15, 0.2) is 27.8 Å². The molecule has 0 atom stereocenters. The fourth-order valence-electron chi connectivity index (χ4n) is 3.33. The van der Waals surface area contributed by atoms with Crippen molar-refractivity contribution >= 4 is 22.5 Å². The van der Waals surface area contributed by atoms with Crippen molar-refractivity contribution in [2.75, 3.05) is 5.32 Å². The lowest BCUT2D eigenvalue weighted by atomic mass is 9.89. The largest absolute Gasteiger partial charge is 0.328 e. The third-order valence-corrected chi connectivity index (χ3v) is 4.47. The van der Waals surface area contributed by atoms with Gasteiger partial charge in [0.15, 0.2) is 0 Å². The van der Waals surface area contributed by atoms with Gasteiger partial charge < -0.3 is 10.3 Å². The maximum atomic E-state index is 12.7. The van der Waals surface area contributed by atoms with E-state index in [1.807, 2.05) is 0 Å². The third kappa shape index (κ3) is 3.36. The van der Waals surface area contributed by atoms with Crippen LogP contribution in [0.25, 0.3) is 10.9 Å². The van der Waals surface area contributed by atoms with Gasteiger partial charge in [0, 0.05) is 19.2 Å². The second-order valence-corrected chi connectivity index (χ2v) is 6.29.